The largest absolute Gasteiger partial charge is 0.508 e. The number of hydrogen-bond acceptors (Lipinski definition) is 8. The highest BCUT2D eigenvalue weighted by atomic mass is 16.6. The van der Waals surface area contributed by atoms with Crippen LogP contribution < -0.4 is 5.32 Å². The number of amides is 1. The number of rotatable bonds is 8. The van der Waals surface area contributed by atoms with Crippen molar-refractivity contribution in [1.82, 2.24) is 5.32 Å². The van der Waals surface area contributed by atoms with Crippen molar-refractivity contribution in [3.05, 3.63) is 42.0 Å². The Bertz CT molecular complexity index is 923. The summed E-state index contributed by atoms with van der Waals surface area (Å²) in [5.74, 6) is -8.26. The standard InChI is InChI=1S/C18H18N2O10/c1-8-7-30-16(19-12(8)15(25)26)18(29-2,17(27)28)20-13(22)11(14(23)24)9-3-5-10(21)6-4-9/h3-6,11,16,21H,1,7H2,2H3,(H,20,22)(H,23,24)(H,25,26)(H,27,28)/t11?,16-,18-/m1/s1. The van der Waals surface area contributed by atoms with Gasteiger partial charge in [0.15, 0.2) is 11.6 Å². The molecule has 0 fully saturated rings. The van der Waals surface area contributed by atoms with Gasteiger partial charge in [-0.2, -0.15) is 0 Å². The highest BCUT2D eigenvalue weighted by Crippen LogP contribution is 2.26. The van der Waals surface area contributed by atoms with E-state index >= 15 is 0 Å². The van der Waals surface area contributed by atoms with Gasteiger partial charge in [0.1, 0.15) is 5.75 Å². The molecule has 12 nitrogen and oxygen atoms in total. The van der Waals surface area contributed by atoms with Gasteiger partial charge in [0, 0.05) is 12.7 Å². The second kappa shape index (κ2) is 8.71. The van der Waals surface area contributed by atoms with Crippen LogP contribution in [0.15, 0.2) is 41.4 Å². The van der Waals surface area contributed by atoms with Gasteiger partial charge >= 0.3 is 17.9 Å². The Morgan fingerprint density at radius 2 is 1.83 bits per heavy atom. The van der Waals surface area contributed by atoms with Gasteiger partial charge in [-0.1, -0.05) is 18.7 Å². The maximum Gasteiger partial charge on any atom is 0.362 e. The van der Waals surface area contributed by atoms with Crippen LogP contribution in [0.5, 0.6) is 5.75 Å². The first-order valence-electron chi connectivity index (χ1n) is 8.26. The van der Waals surface area contributed by atoms with Crippen LogP contribution in [0.25, 0.3) is 0 Å². The number of carboxylic acid groups (broad SMARTS) is 3. The highest BCUT2D eigenvalue weighted by molar-refractivity contribution is 6.42. The van der Waals surface area contributed by atoms with Crippen LogP contribution in [0, 0.1) is 0 Å². The Labute approximate surface area is 169 Å². The smallest absolute Gasteiger partial charge is 0.362 e. The molecule has 1 unspecified atom stereocenters. The van der Waals surface area contributed by atoms with Gasteiger partial charge in [0.05, 0.1) is 6.61 Å². The molecule has 3 atom stereocenters. The third-order valence-electron chi connectivity index (χ3n) is 4.23. The Hall–Kier alpha value is -3.77. The fraction of sp³-hybridized carbons (Fsp3) is 0.278. The van der Waals surface area contributed by atoms with E-state index in [-0.39, 0.29) is 16.9 Å². The lowest BCUT2D eigenvalue weighted by atomic mass is 9.97. The molecule has 0 saturated heterocycles. The lowest BCUT2D eigenvalue weighted by Crippen LogP contribution is -2.65. The summed E-state index contributed by atoms with van der Waals surface area (Å²) in [6, 6.07) is 4.65. The van der Waals surface area contributed by atoms with Crippen LogP contribution >= 0.6 is 0 Å². The molecule has 1 aromatic carbocycles. The summed E-state index contributed by atoms with van der Waals surface area (Å²) in [6.07, 6.45) is -1.85. The molecule has 1 aliphatic heterocycles. The molecule has 12 heteroatoms. The average Bonchev–Trinajstić information content (AvgIpc) is 2.67. The molecule has 0 aromatic heterocycles. The molecule has 2 rings (SSSR count). The van der Waals surface area contributed by atoms with E-state index in [1.165, 1.54) is 12.1 Å². The summed E-state index contributed by atoms with van der Waals surface area (Å²) in [4.78, 5) is 51.4. The first-order chi connectivity index (χ1) is 14.0. The maximum absolute atomic E-state index is 12.7. The number of carbonyl (C=O) groups excluding carboxylic acids is 1. The first-order valence-corrected chi connectivity index (χ1v) is 8.26. The second-order valence-corrected chi connectivity index (χ2v) is 6.15. The quantitative estimate of drug-likeness (QED) is 0.270. The third-order valence-corrected chi connectivity index (χ3v) is 4.23. The summed E-state index contributed by atoms with van der Waals surface area (Å²) in [5.41, 5.74) is -3.39. The summed E-state index contributed by atoms with van der Waals surface area (Å²) in [7, 11) is 0.896. The van der Waals surface area contributed by atoms with E-state index in [0.29, 0.717) is 0 Å². The van der Waals surface area contributed by atoms with E-state index in [4.69, 9.17) is 9.47 Å². The number of nitrogens with one attached hydrogen (secondary N) is 1. The molecule has 1 amide bonds. The van der Waals surface area contributed by atoms with Gasteiger partial charge in [-0.05, 0) is 17.7 Å². The molecule has 0 bridgehead atoms. The molecular formula is C18H18N2O10. The Balaban J connectivity index is 2.46. The van der Waals surface area contributed by atoms with Crippen LogP contribution in [-0.4, -0.2) is 75.6 Å². The molecule has 0 radical (unpaired) electrons. The lowest BCUT2D eigenvalue weighted by Gasteiger charge is -2.36. The van der Waals surface area contributed by atoms with Crippen LogP contribution in [0.3, 0.4) is 0 Å². The van der Waals surface area contributed by atoms with Crippen LogP contribution in [-0.2, 0) is 28.7 Å². The van der Waals surface area contributed by atoms with Crippen molar-refractivity contribution in [3.63, 3.8) is 0 Å². The fourth-order valence-corrected chi connectivity index (χ4v) is 2.70. The average molecular weight is 422 g/mol. The zero-order chi connectivity index (χ0) is 22.6. The Morgan fingerprint density at radius 3 is 2.30 bits per heavy atom. The lowest BCUT2D eigenvalue weighted by molar-refractivity contribution is -0.193. The van der Waals surface area contributed by atoms with E-state index in [2.05, 4.69) is 11.6 Å². The summed E-state index contributed by atoms with van der Waals surface area (Å²) in [5, 5.41) is 39.7. The minimum Gasteiger partial charge on any atom is -0.508 e. The number of aliphatic carboxylic acids is 3. The predicted molar refractivity (Wildman–Crippen MR) is 98.0 cm³/mol. The fourth-order valence-electron chi connectivity index (χ4n) is 2.70. The van der Waals surface area contributed by atoms with Crippen molar-refractivity contribution in [1.29, 1.82) is 0 Å². The van der Waals surface area contributed by atoms with Crippen molar-refractivity contribution in [2.45, 2.75) is 17.9 Å². The molecule has 1 heterocycles. The molecule has 30 heavy (non-hydrogen) atoms. The number of ether oxygens (including phenoxy) is 2. The summed E-state index contributed by atoms with van der Waals surface area (Å²) >= 11 is 0. The van der Waals surface area contributed by atoms with Crippen molar-refractivity contribution in [2.75, 3.05) is 13.7 Å². The zero-order valence-corrected chi connectivity index (χ0v) is 15.6. The number of carboxylic acids is 3. The van der Waals surface area contributed by atoms with Crippen LogP contribution in [0.1, 0.15) is 11.5 Å². The third kappa shape index (κ3) is 4.29. The monoisotopic (exact) mass is 422 g/mol. The molecular weight excluding hydrogens is 404 g/mol. The van der Waals surface area contributed by atoms with Gasteiger partial charge < -0.3 is 35.2 Å². The number of benzene rings is 1. The van der Waals surface area contributed by atoms with Gasteiger partial charge in [-0.15, -0.1) is 0 Å². The van der Waals surface area contributed by atoms with Crippen LogP contribution in [0.2, 0.25) is 0 Å². The van der Waals surface area contributed by atoms with E-state index in [1.807, 2.05) is 5.32 Å². The number of nitrogens with zero attached hydrogens (tertiary/aromatic N) is 1. The Morgan fingerprint density at radius 1 is 1.23 bits per heavy atom. The Kier molecular flexibility index (Phi) is 6.54. The molecule has 160 valence electrons. The topological polar surface area (TPSA) is 192 Å². The molecule has 1 aliphatic rings. The minimum atomic E-state index is -2.73. The van der Waals surface area contributed by atoms with Gasteiger partial charge in [-0.25, -0.2) is 14.6 Å². The molecule has 1 aromatic rings. The number of methoxy groups -OCH3 is 1. The van der Waals surface area contributed by atoms with Gasteiger partial charge in [0.2, 0.25) is 12.1 Å². The second-order valence-electron chi connectivity index (χ2n) is 6.15. The molecule has 0 aliphatic carbocycles. The number of hydrogen-bond donors (Lipinski definition) is 5. The number of phenols is 1. The van der Waals surface area contributed by atoms with E-state index in [1.54, 1.807) is 0 Å². The molecule has 5 N–H and O–H groups in total. The van der Waals surface area contributed by atoms with Gasteiger partial charge in [-0.3, -0.25) is 9.59 Å². The van der Waals surface area contributed by atoms with Crippen molar-refractivity contribution in [3.8, 4) is 5.75 Å². The van der Waals surface area contributed by atoms with Crippen molar-refractivity contribution >= 4 is 29.5 Å². The maximum atomic E-state index is 12.7. The highest BCUT2D eigenvalue weighted by Gasteiger charge is 2.52. The van der Waals surface area contributed by atoms with E-state index < -0.39 is 54.0 Å². The van der Waals surface area contributed by atoms with E-state index in [9.17, 15) is 39.6 Å². The van der Waals surface area contributed by atoms with Crippen molar-refractivity contribution < 1.29 is 49.1 Å². The van der Waals surface area contributed by atoms with Crippen molar-refractivity contribution in [2.24, 2.45) is 4.99 Å². The number of carbonyl (C=O) groups is 4. The molecule has 0 spiro atoms. The number of aliphatic imine (C=N–C) groups is 1. The zero-order valence-electron chi connectivity index (χ0n) is 15.6. The molecule has 0 saturated carbocycles. The number of aromatic hydroxyl groups is 1. The summed E-state index contributed by atoms with van der Waals surface area (Å²) < 4.78 is 10.1. The minimum absolute atomic E-state index is 0.0343. The summed E-state index contributed by atoms with van der Waals surface area (Å²) in [6.45, 7) is 3.04. The number of phenolic OH excluding ortho intramolecular Hbond substituents is 1. The normalized spacial score (nSPS) is 19.2. The van der Waals surface area contributed by atoms with Crippen LogP contribution in [0.4, 0.5) is 0 Å². The first kappa shape index (κ1) is 22.5. The van der Waals surface area contributed by atoms with E-state index in [0.717, 1.165) is 19.2 Å². The van der Waals surface area contributed by atoms with Gasteiger partial charge in [0.25, 0.3) is 5.72 Å². The predicted octanol–water partition coefficient (Wildman–Crippen LogP) is -0.458. The SMILES string of the molecule is C=C1CO[C@H]([C@@](NC(=O)C(C(=O)O)c2ccc(O)cc2)(OC)C(=O)O)N=C1C(=O)O.